The van der Waals surface area contributed by atoms with Gasteiger partial charge in [0, 0.05) is 66.5 Å². The third-order valence-electron chi connectivity index (χ3n) is 13.4. The molecular formula is C82H89Br5ClF5K2N4NaO20PS. The maximum atomic E-state index is 13.1. The first-order valence-corrected chi connectivity index (χ1v) is 44.3. The number of aliphatic hydroxyl groups excluding tert-OH is 1. The number of phenols is 2. The van der Waals surface area contributed by atoms with Crippen LogP contribution in [-0.4, -0.2) is 84.1 Å². The second kappa shape index (κ2) is 76.7. The molecular weight excluding hydrogens is 2060 g/mol. The molecule has 6 N–H and O–H groups in total. The summed E-state index contributed by atoms with van der Waals surface area (Å²) in [5, 5.41) is 59.5. The van der Waals surface area contributed by atoms with E-state index in [1.165, 1.54) is 44.2 Å². The van der Waals surface area contributed by atoms with Gasteiger partial charge in [-0.25, -0.2) is 17.6 Å². The van der Waals surface area contributed by atoms with E-state index in [-0.39, 0.29) is 181 Å². The number of carbonyl (C=O) groups excluding carboxylic acids is 3. The Kier molecular flexibility index (Phi) is 78.5. The van der Waals surface area contributed by atoms with Gasteiger partial charge in [-0.2, -0.15) is 10.1 Å². The maximum Gasteiger partial charge on any atom is 1.00 e. The molecule has 0 saturated carbocycles. The molecule has 0 aromatic heterocycles. The number of ether oxygens (including phenoxy) is 8. The van der Waals surface area contributed by atoms with E-state index in [1.807, 2.05) is 61.5 Å². The monoisotopic (exact) mass is 2140 g/mol. The number of nitrogens with zero attached hydrogens (tertiary/aromatic N) is 2. The molecule has 122 heavy (non-hydrogen) atoms. The minimum atomic E-state index is -1.03. The van der Waals surface area contributed by atoms with Crippen molar-refractivity contribution in [1.82, 2.24) is 0 Å². The van der Waals surface area contributed by atoms with E-state index >= 15 is 0 Å². The Morgan fingerprint density at radius 1 is 0.598 bits per heavy atom. The van der Waals surface area contributed by atoms with E-state index in [2.05, 4.69) is 119 Å². The maximum absolute atomic E-state index is 13.1. The molecule has 0 radical (unpaired) electrons. The van der Waals surface area contributed by atoms with Crippen molar-refractivity contribution in [3.05, 3.63) is 308 Å². The van der Waals surface area contributed by atoms with Crippen LogP contribution < -0.4 is 182 Å². The van der Waals surface area contributed by atoms with E-state index in [9.17, 15) is 56.9 Å². The zero-order valence-corrected chi connectivity index (χ0v) is 86.0. The summed E-state index contributed by atoms with van der Waals surface area (Å²) >= 11 is 25.2. The number of aromatic hydroxyl groups is 2. The third kappa shape index (κ3) is 58.7. The van der Waals surface area contributed by atoms with Crippen molar-refractivity contribution >= 4 is 141 Å². The first-order valence-electron chi connectivity index (χ1n) is 33.7. The van der Waals surface area contributed by atoms with Crippen molar-refractivity contribution in [3.63, 3.8) is 0 Å². The summed E-state index contributed by atoms with van der Waals surface area (Å²) in [6.07, 6.45) is 10.1. The summed E-state index contributed by atoms with van der Waals surface area (Å²) in [4.78, 5) is 50.5. The predicted octanol–water partition coefficient (Wildman–Crippen LogP) is 14.4. The van der Waals surface area contributed by atoms with Gasteiger partial charge in [0.1, 0.15) is 90.6 Å². The average Bonchev–Trinajstić information content (AvgIpc) is 0.846. The van der Waals surface area contributed by atoms with E-state index in [1.54, 1.807) is 139 Å². The van der Waals surface area contributed by atoms with Crippen molar-refractivity contribution in [3.8, 4) is 63.2 Å². The van der Waals surface area contributed by atoms with Gasteiger partial charge in [-0.05, 0) is 204 Å². The topological polar surface area (TPSA) is 342 Å². The van der Waals surface area contributed by atoms with Crippen molar-refractivity contribution in [2.75, 3.05) is 46.6 Å². The number of para-hydroxylation sites is 3. The molecule has 0 atom stereocenters. The first kappa shape index (κ1) is 125. The van der Waals surface area contributed by atoms with Gasteiger partial charge in [0.2, 0.25) is 22.7 Å². The number of halogens is 11. The van der Waals surface area contributed by atoms with Crippen LogP contribution >= 0.6 is 94.0 Å². The average molecular weight is 2140 g/mol. The van der Waals surface area contributed by atoms with E-state index in [0.29, 0.717) is 81.9 Å². The molecule has 0 spiro atoms. The minimum Gasteiger partial charge on any atom is -1.00 e. The third-order valence-corrected chi connectivity index (χ3v) is 14.6. The number of nitrogens with one attached hydrogen (secondary N) is 1. The molecule has 11 rings (SSSR count). The van der Waals surface area contributed by atoms with Crippen LogP contribution in [0.1, 0.15) is 72.0 Å². The fourth-order valence-electron chi connectivity index (χ4n) is 8.30. The Labute approximate surface area is 867 Å². The summed E-state index contributed by atoms with van der Waals surface area (Å²) in [7, 11) is 8.07. The molecule has 0 fully saturated rings. The molecule has 9 aromatic rings. The molecule has 9 aromatic carbocycles. The van der Waals surface area contributed by atoms with Crippen LogP contribution in [0.3, 0.4) is 0 Å². The summed E-state index contributed by atoms with van der Waals surface area (Å²) in [6, 6.07) is 51.8. The van der Waals surface area contributed by atoms with Crippen LogP contribution in [-0.2, 0) is 53.9 Å². The molecule has 2 aliphatic carbocycles. The summed E-state index contributed by atoms with van der Waals surface area (Å²) in [6.45, 7) is 4.37. The summed E-state index contributed by atoms with van der Waals surface area (Å²) in [5.41, 5.74) is 7.83. The van der Waals surface area contributed by atoms with Crippen LogP contribution in [0.4, 0.5) is 39.0 Å². The number of phenolic OH excluding ortho intramolecular Hbond substituents is 2. The number of aliphatic hydroxyl groups is 1. The summed E-state index contributed by atoms with van der Waals surface area (Å²) in [5.74, 6) is 5.04. The van der Waals surface area contributed by atoms with Gasteiger partial charge in [-0.3, -0.25) is 34.6 Å². The van der Waals surface area contributed by atoms with E-state index < -0.39 is 44.5 Å². The normalized spacial score (nSPS) is 10.4. The molecule has 0 heterocycles. The van der Waals surface area contributed by atoms with Crippen LogP contribution in [0.5, 0.6) is 63.2 Å². The van der Waals surface area contributed by atoms with Gasteiger partial charge in [0.15, 0.2) is 5.75 Å². The Morgan fingerprint density at radius 2 is 1.00 bits per heavy atom. The van der Waals surface area contributed by atoms with Gasteiger partial charge in [0.05, 0.1) is 75.5 Å². The zero-order valence-electron chi connectivity index (χ0n) is 68.4. The molecule has 0 unspecified atom stereocenters. The summed E-state index contributed by atoms with van der Waals surface area (Å²) < 4.78 is 105. The number of methoxy groups -OCH3 is 5. The number of nitrogens with two attached hydrogens (primary N) is 1. The van der Waals surface area contributed by atoms with Gasteiger partial charge < -0.3 is 88.5 Å². The number of allylic oxidation sites excluding steroid dienone is 7. The Balaban J connectivity index is -0.000000311. The largest absolute Gasteiger partial charge is 1.00 e. The number of alkyl halides is 2. The molecule has 24 nitrogen and oxygen atoms in total. The predicted molar refractivity (Wildman–Crippen MR) is 473 cm³/mol. The van der Waals surface area contributed by atoms with Crippen molar-refractivity contribution in [2.24, 2.45) is 5.73 Å². The first-order chi connectivity index (χ1) is 56.3. The molecule has 648 valence electrons. The Morgan fingerprint density at radius 3 is 1.39 bits per heavy atom. The molecule has 2 aliphatic rings. The van der Waals surface area contributed by atoms with Crippen LogP contribution in [0.15, 0.2) is 248 Å². The fourth-order valence-corrected chi connectivity index (χ4v) is 9.19. The standard InChI is InChI=1S/C14H12FNO2.C12H8FNO3.C12H14FNO.C9H11BrO2.C9H12O3.C8H9BrO2.C6H3F2NO2.C6H6O.C2H3ClO.C2H6S.CH2O3.CH4.Br3P.2K.Na.H/c1-10(17)16-13-9-11(15)7-8-14(13)18-12-5-3-2-4-6-12;13-9-6-7-12(11(8-9)14(15)16)17-10-4-2-1-3-5-10;13-9-6-7-12(11(14)8-9)15-10-4-2-1-3-5-10;2*1-11-8-3-4-9(12-2)7(5-8)6-10;1-11-7-2-3-8(10)6(4-7)5-9;7-4-1-2-5(8)6(3-4)9(10)11;7-6-4-2-1-3-5-6;1-2(3)4;1-2-3;2-1-4-3;;1-4(2)3;;;;/h2-9H,1H3,(H,16,17);1-8H;1-2,4,8H,3,5-7,14H2;3-5H,6H2,1-2H3;3-5,10H,6H2,1-2H3;2-4,10H,5H2,1H3;1-3H;1-5,7H;1H3;3H,2H2,1H3;1,3H;1H4;;;;;/q;;;;;;;;;;;;;3*+1;-1/p-2. The molecule has 0 aliphatic heterocycles. The van der Waals surface area contributed by atoms with Crippen molar-refractivity contribution in [1.29, 1.82) is 0 Å². The number of rotatable bonds is 18. The van der Waals surface area contributed by atoms with Crippen molar-refractivity contribution < 1.29 is 243 Å². The number of carbonyl (C=O) groups is 3. The second-order valence-corrected chi connectivity index (χ2v) is 39.4. The van der Waals surface area contributed by atoms with Crippen LogP contribution in [0.2, 0.25) is 0 Å². The van der Waals surface area contributed by atoms with Gasteiger partial charge in [-0.1, -0.05) is 113 Å². The van der Waals surface area contributed by atoms with Crippen molar-refractivity contribution in [2.45, 2.75) is 71.1 Å². The van der Waals surface area contributed by atoms with Gasteiger partial charge in [-0.15, -0.1) is 0 Å². The van der Waals surface area contributed by atoms with E-state index in [0.717, 1.165) is 87.6 Å². The smallest absolute Gasteiger partial charge is 1.00 e. The molecule has 1 amide bonds. The fraction of sp³-hybridized carbons (Fsp3) is 0.207. The molecule has 0 bridgehead atoms. The van der Waals surface area contributed by atoms with Gasteiger partial charge >= 0.3 is 144 Å². The number of anilines is 1. The molecule has 40 heteroatoms. The van der Waals surface area contributed by atoms with Crippen LogP contribution in [0.25, 0.3) is 0 Å². The number of hydrogen-bond acceptors (Lipinski definition) is 22. The number of nitro benzene ring substituents is 2. The Hall–Kier alpha value is -5.54. The van der Waals surface area contributed by atoms with E-state index in [4.69, 9.17) is 63.9 Å². The SMILES string of the molecule is BrP(Br)Br.C.CC(=O)Cl.CC(=O)Nc1cc(F)ccc1Oc1ccccc1.CC[S-].COc1ccc(O)c(CBr)c1.COc1ccc(OC)c(CBr)c1.COc1ccc(OC)c(CO)c1.NC1=C(OC2=CC=CCC2)CCC(F)=C1.O=CO[O-].O=[N+]([O-])c1cc(F)ccc1F.O=[N+]([O-])c1cc(F)ccc1Oc1ccccc1.Oc1ccccc1.[H-].[K+].[K+].[Na+]. The van der Waals surface area contributed by atoms with Crippen LogP contribution in [0, 0.1) is 43.5 Å². The minimum absolute atomic E-state index is 0. The number of hydrogen-bond donors (Lipinski definition) is 5. The van der Waals surface area contributed by atoms with Gasteiger partial charge in [0.25, 0.3) is 6.47 Å². The molecule has 0 saturated heterocycles. The zero-order chi connectivity index (χ0) is 88.9. The quantitative estimate of drug-likeness (QED) is 0.00509. The number of nitro groups is 2. The second-order valence-electron chi connectivity index (χ2n) is 21.8. The number of benzene rings is 9. The Bertz CT molecular complexity index is 4560. The number of amides is 1.